The van der Waals surface area contributed by atoms with Crippen molar-refractivity contribution in [2.24, 2.45) is 11.5 Å². The number of benzene rings is 2. The number of primary amides is 2. The maximum atomic E-state index is 12.7. The third kappa shape index (κ3) is 4.52. The van der Waals surface area contributed by atoms with Crippen molar-refractivity contribution < 1.29 is 9.59 Å². The molecule has 4 heteroatoms. The van der Waals surface area contributed by atoms with Crippen LogP contribution >= 0.6 is 0 Å². The number of carbonyl (C=O) groups is 2. The number of nitrogens with two attached hydrogens (primary N) is 2. The SMILES string of the molecule is Cc1cc(Cc2cc(C)c(C3(C(N)=O)CCCCC3)c(C)c2)cc(C)c1C1(C(N)=O)CCCCC1. The molecular weight excluding hydrogens is 432 g/mol. The van der Waals surface area contributed by atoms with E-state index in [9.17, 15) is 9.59 Å². The summed E-state index contributed by atoms with van der Waals surface area (Å²) in [5, 5.41) is 0. The van der Waals surface area contributed by atoms with Crippen molar-refractivity contribution in [2.75, 3.05) is 0 Å². The van der Waals surface area contributed by atoms with Gasteiger partial charge in [0.2, 0.25) is 11.8 Å². The lowest BCUT2D eigenvalue weighted by atomic mass is 9.66. The van der Waals surface area contributed by atoms with E-state index in [-0.39, 0.29) is 11.8 Å². The number of hydrogen-bond donors (Lipinski definition) is 2. The van der Waals surface area contributed by atoms with Crippen LogP contribution in [0.5, 0.6) is 0 Å². The average Bonchev–Trinajstić information content (AvgIpc) is 2.79. The molecule has 2 saturated carbocycles. The van der Waals surface area contributed by atoms with Gasteiger partial charge < -0.3 is 11.5 Å². The zero-order valence-corrected chi connectivity index (χ0v) is 22.1. The molecule has 0 bridgehead atoms. The van der Waals surface area contributed by atoms with Crippen molar-refractivity contribution >= 4 is 11.8 Å². The second-order valence-electron chi connectivity index (χ2n) is 11.4. The lowest BCUT2D eigenvalue weighted by molar-refractivity contribution is -0.125. The van der Waals surface area contributed by atoms with Crippen molar-refractivity contribution in [3.05, 3.63) is 68.8 Å². The highest BCUT2D eigenvalue weighted by Crippen LogP contribution is 2.44. The monoisotopic (exact) mass is 474 g/mol. The molecule has 2 aromatic rings. The van der Waals surface area contributed by atoms with Crippen molar-refractivity contribution in [3.8, 4) is 0 Å². The van der Waals surface area contributed by atoms with Crippen LogP contribution in [-0.4, -0.2) is 11.8 Å². The number of hydrogen-bond acceptors (Lipinski definition) is 2. The normalized spacial score (nSPS) is 19.3. The quantitative estimate of drug-likeness (QED) is 0.547. The van der Waals surface area contributed by atoms with Crippen LogP contribution in [0.15, 0.2) is 24.3 Å². The van der Waals surface area contributed by atoms with Gasteiger partial charge in [0.05, 0.1) is 10.8 Å². The van der Waals surface area contributed by atoms with E-state index >= 15 is 0 Å². The summed E-state index contributed by atoms with van der Waals surface area (Å²) >= 11 is 0. The van der Waals surface area contributed by atoms with Gasteiger partial charge in [-0.3, -0.25) is 9.59 Å². The molecule has 4 N–H and O–H groups in total. The molecule has 2 fully saturated rings. The summed E-state index contributed by atoms with van der Waals surface area (Å²) in [5.41, 5.74) is 20.4. The minimum absolute atomic E-state index is 0.177. The van der Waals surface area contributed by atoms with Crippen molar-refractivity contribution in [2.45, 2.75) is 109 Å². The Morgan fingerprint density at radius 1 is 0.600 bits per heavy atom. The first kappa shape index (κ1) is 25.5. The molecule has 2 aromatic carbocycles. The van der Waals surface area contributed by atoms with Gasteiger partial charge in [-0.25, -0.2) is 0 Å². The fraction of sp³-hybridized carbons (Fsp3) is 0.548. The molecule has 188 valence electrons. The van der Waals surface area contributed by atoms with E-state index in [4.69, 9.17) is 11.5 Å². The molecule has 0 aromatic heterocycles. The average molecular weight is 475 g/mol. The Kier molecular flexibility index (Phi) is 7.13. The molecular formula is C31H42N2O2. The second kappa shape index (κ2) is 9.79. The van der Waals surface area contributed by atoms with Crippen LogP contribution in [0.25, 0.3) is 0 Å². The molecule has 4 nitrogen and oxygen atoms in total. The molecule has 0 spiro atoms. The summed E-state index contributed by atoms with van der Waals surface area (Å²) in [7, 11) is 0. The van der Waals surface area contributed by atoms with Gasteiger partial charge in [0.25, 0.3) is 0 Å². The molecule has 0 unspecified atom stereocenters. The maximum Gasteiger partial charge on any atom is 0.228 e. The third-order valence-corrected chi connectivity index (χ3v) is 8.91. The standard InChI is InChI=1S/C31H42N2O2/c1-20-15-24(16-21(2)26(20)30(28(32)34)11-7-5-8-12-30)19-25-17-22(3)27(23(4)18-25)31(29(33)35)13-9-6-10-14-31/h15-18H,5-14,19H2,1-4H3,(H2,32,34)(H2,33,35). The topological polar surface area (TPSA) is 86.2 Å². The van der Waals surface area contributed by atoms with Gasteiger partial charge >= 0.3 is 0 Å². The molecule has 0 aliphatic heterocycles. The minimum atomic E-state index is -0.525. The maximum absolute atomic E-state index is 12.7. The summed E-state index contributed by atoms with van der Waals surface area (Å²) in [6.45, 7) is 8.52. The van der Waals surface area contributed by atoms with Crippen LogP contribution in [0.1, 0.15) is 109 Å². The van der Waals surface area contributed by atoms with Crippen LogP contribution < -0.4 is 11.5 Å². The van der Waals surface area contributed by atoms with Gasteiger partial charge in [-0.2, -0.15) is 0 Å². The number of rotatable bonds is 6. The van der Waals surface area contributed by atoms with Gasteiger partial charge in [-0.15, -0.1) is 0 Å². The Labute approximate surface area is 210 Å². The fourth-order valence-corrected chi connectivity index (χ4v) is 7.61. The van der Waals surface area contributed by atoms with E-state index in [2.05, 4.69) is 52.0 Å². The lowest BCUT2D eigenvalue weighted by Crippen LogP contribution is -2.44. The third-order valence-electron chi connectivity index (χ3n) is 8.91. The zero-order valence-electron chi connectivity index (χ0n) is 22.1. The largest absolute Gasteiger partial charge is 0.369 e. The van der Waals surface area contributed by atoms with E-state index in [1.165, 1.54) is 46.2 Å². The Morgan fingerprint density at radius 2 is 0.886 bits per heavy atom. The van der Waals surface area contributed by atoms with Crippen LogP contribution in [0.2, 0.25) is 0 Å². The Morgan fingerprint density at radius 3 is 1.14 bits per heavy atom. The molecule has 2 aliphatic rings. The van der Waals surface area contributed by atoms with Gasteiger partial charge in [0.1, 0.15) is 0 Å². The molecule has 0 saturated heterocycles. The molecule has 0 atom stereocenters. The number of aryl methyl sites for hydroxylation is 4. The molecule has 0 radical (unpaired) electrons. The van der Waals surface area contributed by atoms with Crippen LogP contribution in [0.3, 0.4) is 0 Å². The lowest BCUT2D eigenvalue weighted by Gasteiger charge is -2.37. The van der Waals surface area contributed by atoms with E-state index in [0.717, 1.165) is 68.9 Å². The Balaban J connectivity index is 1.67. The van der Waals surface area contributed by atoms with Crippen LogP contribution in [0, 0.1) is 27.7 Å². The Bertz CT molecular complexity index is 999. The smallest absolute Gasteiger partial charge is 0.228 e. The molecule has 4 rings (SSSR count). The van der Waals surface area contributed by atoms with E-state index in [1.807, 2.05) is 0 Å². The highest BCUT2D eigenvalue weighted by atomic mass is 16.1. The minimum Gasteiger partial charge on any atom is -0.369 e. The first-order valence-electron chi connectivity index (χ1n) is 13.4. The Hall–Kier alpha value is -2.62. The summed E-state index contributed by atoms with van der Waals surface area (Å²) in [6, 6.07) is 8.97. The summed E-state index contributed by atoms with van der Waals surface area (Å²) in [6.07, 6.45) is 10.8. The van der Waals surface area contributed by atoms with Crippen molar-refractivity contribution in [1.29, 1.82) is 0 Å². The van der Waals surface area contributed by atoms with Crippen molar-refractivity contribution in [3.63, 3.8) is 0 Å². The van der Waals surface area contributed by atoms with Crippen LogP contribution in [0.4, 0.5) is 0 Å². The van der Waals surface area contributed by atoms with E-state index in [0.29, 0.717) is 0 Å². The van der Waals surface area contributed by atoms with Crippen LogP contribution in [-0.2, 0) is 26.8 Å². The highest BCUT2D eigenvalue weighted by Gasteiger charge is 2.42. The second-order valence-corrected chi connectivity index (χ2v) is 11.4. The molecule has 2 amide bonds. The van der Waals surface area contributed by atoms with E-state index in [1.54, 1.807) is 0 Å². The highest BCUT2D eigenvalue weighted by molar-refractivity contribution is 5.88. The van der Waals surface area contributed by atoms with Gasteiger partial charge in [0, 0.05) is 0 Å². The van der Waals surface area contributed by atoms with Gasteiger partial charge in [0.15, 0.2) is 0 Å². The predicted octanol–water partition coefficient (Wildman–Crippen LogP) is 5.89. The van der Waals surface area contributed by atoms with E-state index < -0.39 is 10.8 Å². The van der Waals surface area contributed by atoms with Crippen molar-refractivity contribution in [1.82, 2.24) is 0 Å². The summed E-state index contributed by atoms with van der Waals surface area (Å²) in [5.74, 6) is -0.354. The molecule has 0 heterocycles. The van der Waals surface area contributed by atoms with Gasteiger partial charge in [-0.1, -0.05) is 62.8 Å². The number of carbonyl (C=O) groups excluding carboxylic acids is 2. The molecule has 2 aliphatic carbocycles. The zero-order chi connectivity index (χ0) is 25.4. The summed E-state index contributed by atoms with van der Waals surface area (Å²) in [4.78, 5) is 25.3. The summed E-state index contributed by atoms with van der Waals surface area (Å²) < 4.78 is 0. The first-order valence-corrected chi connectivity index (χ1v) is 13.4. The fourth-order valence-electron chi connectivity index (χ4n) is 7.61. The molecule has 35 heavy (non-hydrogen) atoms. The van der Waals surface area contributed by atoms with Gasteiger partial charge in [-0.05, 0) is 104 Å². The first-order chi connectivity index (χ1) is 16.6. The predicted molar refractivity (Wildman–Crippen MR) is 143 cm³/mol. The number of amides is 2.